The summed E-state index contributed by atoms with van der Waals surface area (Å²) in [6.07, 6.45) is 2.15. The van der Waals surface area contributed by atoms with Crippen LogP contribution >= 0.6 is 0 Å². The zero-order valence-electron chi connectivity index (χ0n) is 12.1. The first-order valence-corrected chi connectivity index (χ1v) is 6.98. The van der Waals surface area contributed by atoms with Crippen LogP contribution in [0.5, 0.6) is 0 Å². The van der Waals surface area contributed by atoms with Crippen LogP contribution in [0.1, 0.15) is 19.4 Å². The molecule has 2 rings (SSSR count). The number of para-hydroxylation sites is 1. The topological polar surface area (TPSA) is 26.2 Å². The van der Waals surface area contributed by atoms with Gasteiger partial charge in [0.05, 0.1) is 12.1 Å². The van der Waals surface area contributed by atoms with Gasteiger partial charge in [-0.3, -0.25) is 0 Å². The van der Waals surface area contributed by atoms with Crippen LogP contribution < -0.4 is 5.32 Å². The van der Waals surface area contributed by atoms with Gasteiger partial charge in [-0.25, -0.2) is 0 Å². The van der Waals surface area contributed by atoms with Crippen molar-refractivity contribution in [3.05, 3.63) is 36.0 Å². The minimum Gasteiger partial charge on any atom is -0.383 e. The summed E-state index contributed by atoms with van der Waals surface area (Å²) in [7, 11) is 1.75. The van der Waals surface area contributed by atoms with E-state index >= 15 is 0 Å². The van der Waals surface area contributed by atoms with Gasteiger partial charge in [0, 0.05) is 26.4 Å². The summed E-state index contributed by atoms with van der Waals surface area (Å²) in [5, 5.41) is 4.83. The van der Waals surface area contributed by atoms with Crippen molar-refractivity contribution in [2.24, 2.45) is 5.92 Å². The van der Waals surface area contributed by atoms with Crippen molar-refractivity contribution in [1.82, 2.24) is 9.88 Å². The molecule has 0 radical (unpaired) electrons. The highest BCUT2D eigenvalue weighted by Crippen LogP contribution is 2.20. The van der Waals surface area contributed by atoms with Gasteiger partial charge in [0.15, 0.2) is 0 Å². The predicted molar refractivity (Wildman–Crippen MR) is 80.4 cm³/mol. The van der Waals surface area contributed by atoms with Crippen LogP contribution in [0.25, 0.3) is 10.9 Å². The number of rotatable bonds is 7. The quantitative estimate of drug-likeness (QED) is 0.828. The lowest BCUT2D eigenvalue weighted by molar-refractivity contribution is 0.188. The summed E-state index contributed by atoms with van der Waals surface area (Å²) in [6.45, 7) is 8.09. The third kappa shape index (κ3) is 3.58. The average Bonchev–Trinajstić information content (AvgIpc) is 2.80. The van der Waals surface area contributed by atoms with Crippen molar-refractivity contribution in [2.75, 3.05) is 20.3 Å². The molecule has 1 N–H and O–H groups in total. The van der Waals surface area contributed by atoms with E-state index in [0.29, 0.717) is 5.92 Å². The van der Waals surface area contributed by atoms with Gasteiger partial charge in [-0.05, 0) is 29.5 Å². The Morgan fingerprint density at radius 1 is 1.26 bits per heavy atom. The summed E-state index contributed by atoms with van der Waals surface area (Å²) < 4.78 is 7.46. The number of ether oxygens (including phenoxy) is 1. The molecule has 0 aliphatic heterocycles. The van der Waals surface area contributed by atoms with Crippen molar-refractivity contribution in [1.29, 1.82) is 0 Å². The molecular weight excluding hydrogens is 236 g/mol. The fraction of sp³-hybridized carbons (Fsp3) is 0.500. The predicted octanol–water partition coefficient (Wildman–Crippen LogP) is 3.03. The maximum atomic E-state index is 5.18. The molecule has 0 aliphatic rings. The number of fused-ring (bicyclic) bond motifs is 1. The van der Waals surface area contributed by atoms with Gasteiger partial charge in [-0.1, -0.05) is 32.0 Å². The minimum atomic E-state index is 0.680. The third-order valence-electron chi connectivity index (χ3n) is 3.28. The molecule has 1 aromatic carbocycles. The highest BCUT2D eigenvalue weighted by atomic mass is 16.5. The Labute approximate surface area is 115 Å². The monoisotopic (exact) mass is 260 g/mol. The Bertz CT molecular complexity index is 516. The molecule has 0 atom stereocenters. The zero-order valence-corrected chi connectivity index (χ0v) is 12.1. The van der Waals surface area contributed by atoms with Crippen molar-refractivity contribution in [2.45, 2.75) is 26.9 Å². The van der Waals surface area contributed by atoms with Gasteiger partial charge in [-0.2, -0.15) is 0 Å². The third-order valence-corrected chi connectivity index (χ3v) is 3.28. The molecule has 3 nitrogen and oxygen atoms in total. The van der Waals surface area contributed by atoms with E-state index in [-0.39, 0.29) is 0 Å². The second-order valence-corrected chi connectivity index (χ2v) is 5.38. The maximum Gasteiger partial charge on any atom is 0.0641 e. The molecule has 0 saturated heterocycles. The lowest BCUT2D eigenvalue weighted by Gasteiger charge is -2.11. The van der Waals surface area contributed by atoms with Crippen LogP contribution in [-0.4, -0.2) is 24.8 Å². The molecule has 19 heavy (non-hydrogen) atoms. The zero-order chi connectivity index (χ0) is 13.7. The van der Waals surface area contributed by atoms with E-state index in [1.54, 1.807) is 7.11 Å². The standard InChI is InChI=1S/C16H24N2O/c1-13(2)11-17-12-15-6-4-5-14-7-8-18(16(14)15)9-10-19-3/h4-8,13,17H,9-12H2,1-3H3. The molecule has 104 valence electrons. The van der Waals surface area contributed by atoms with E-state index in [0.717, 1.165) is 26.2 Å². The highest BCUT2D eigenvalue weighted by molar-refractivity contribution is 5.83. The summed E-state index contributed by atoms with van der Waals surface area (Å²) in [5.74, 6) is 0.680. The SMILES string of the molecule is COCCn1ccc2cccc(CNCC(C)C)c21. The second kappa shape index (κ2) is 6.73. The van der Waals surface area contributed by atoms with Crippen LogP contribution in [0, 0.1) is 5.92 Å². The van der Waals surface area contributed by atoms with Gasteiger partial charge in [0.25, 0.3) is 0 Å². The van der Waals surface area contributed by atoms with Crippen molar-refractivity contribution >= 4 is 10.9 Å². The molecule has 2 aromatic rings. The normalized spacial score (nSPS) is 11.6. The Kier molecular flexibility index (Phi) is 5.00. The molecule has 0 saturated carbocycles. The molecule has 0 fully saturated rings. The van der Waals surface area contributed by atoms with Gasteiger partial charge >= 0.3 is 0 Å². The molecule has 0 amide bonds. The van der Waals surface area contributed by atoms with Crippen LogP contribution in [0.3, 0.4) is 0 Å². The Balaban J connectivity index is 2.19. The fourth-order valence-corrected chi connectivity index (χ4v) is 2.35. The largest absolute Gasteiger partial charge is 0.383 e. The number of hydrogen-bond donors (Lipinski definition) is 1. The number of nitrogens with one attached hydrogen (secondary N) is 1. The molecule has 3 heteroatoms. The van der Waals surface area contributed by atoms with E-state index in [1.807, 2.05) is 0 Å². The van der Waals surface area contributed by atoms with E-state index in [1.165, 1.54) is 16.5 Å². The van der Waals surface area contributed by atoms with E-state index in [4.69, 9.17) is 4.74 Å². The van der Waals surface area contributed by atoms with Crippen LogP contribution in [0.15, 0.2) is 30.5 Å². The molecule has 0 unspecified atom stereocenters. The first-order valence-electron chi connectivity index (χ1n) is 6.98. The van der Waals surface area contributed by atoms with Gasteiger partial charge in [-0.15, -0.1) is 0 Å². The van der Waals surface area contributed by atoms with Gasteiger partial charge in [0.1, 0.15) is 0 Å². The van der Waals surface area contributed by atoms with Gasteiger partial charge < -0.3 is 14.6 Å². The first-order chi connectivity index (χ1) is 9.22. The molecular formula is C16H24N2O. The second-order valence-electron chi connectivity index (χ2n) is 5.38. The summed E-state index contributed by atoms with van der Waals surface area (Å²) in [6, 6.07) is 8.69. The van der Waals surface area contributed by atoms with Gasteiger partial charge in [0.2, 0.25) is 0 Å². The number of benzene rings is 1. The number of methoxy groups -OCH3 is 1. The van der Waals surface area contributed by atoms with E-state index in [2.05, 4.69) is 54.2 Å². The minimum absolute atomic E-state index is 0.680. The Morgan fingerprint density at radius 3 is 2.84 bits per heavy atom. The number of nitrogens with zero attached hydrogens (tertiary/aromatic N) is 1. The van der Waals surface area contributed by atoms with Crippen LogP contribution in [-0.2, 0) is 17.8 Å². The maximum absolute atomic E-state index is 5.18. The summed E-state index contributed by atoms with van der Waals surface area (Å²) in [4.78, 5) is 0. The lowest BCUT2D eigenvalue weighted by atomic mass is 10.1. The molecule has 0 spiro atoms. The highest BCUT2D eigenvalue weighted by Gasteiger charge is 2.06. The first kappa shape index (κ1) is 14.1. The van der Waals surface area contributed by atoms with Crippen LogP contribution in [0.4, 0.5) is 0 Å². The fourth-order valence-electron chi connectivity index (χ4n) is 2.35. The van der Waals surface area contributed by atoms with E-state index < -0.39 is 0 Å². The van der Waals surface area contributed by atoms with Crippen molar-refractivity contribution in [3.63, 3.8) is 0 Å². The Hall–Kier alpha value is -1.32. The number of aromatic nitrogens is 1. The number of hydrogen-bond acceptors (Lipinski definition) is 2. The van der Waals surface area contributed by atoms with E-state index in [9.17, 15) is 0 Å². The molecule has 0 aliphatic carbocycles. The molecule has 1 heterocycles. The summed E-state index contributed by atoms with van der Waals surface area (Å²) >= 11 is 0. The summed E-state index contributed by atoms with van der Waals surface area (Å²) in [5.41, 5.74) is 2.69. The van der Waals surface area contributed by atoms with Crippen LogP contribution in [0.2, 0.25) is 0 Å². The molecule has 0 bridgehead atoms. The smallest absolute Gasteiger partial charge is 0.0641 e. The van der Waals surface area contributed by atoms with Crippen molar-refractivity contribution < 1.29 is 4.74 Å². The average molecular weight is 260 g/mol. The van der Waals surface area contributed by atoms with Crippen molar-refractivity contribution in [3.8, 4) is 0 Å². The Morgan fingerprint density at radius 2 is 2.11 bits per heavy atom. The lowest BCUT2D eigenvalue weighted by Crippen LogP contribution is -2.19. The molecule has 1 aromatic heterocycles.